The van der Waals surface area contributed by atoms with E-state index in [0.29, 0.717) is 0 Å². The zero-order valence-electron chi connectivity index (χ0n) is 6.51. The van der Waals surface area contributed by atoms with Crippen LogP contribution < -0.4 is 0 Å². The predicted molar refractivity (Wildman–Crippen MR) is 50.2 cm³/mol. The second-order valence-corrected chi connectivity index (χ2v) is 3.82. The van der Waals surface area contributed by atoms with Crippen LogP contribution in [0.15, 0.2) is 12.7 Å². The third kappa shape index (κ3) is 8.89. The molecular formula is C6H13NaO5S. The fourth-order valence-electron chi connectivity index (χ4n) is 0.488. The van der Waals surface area contributed by atoms with Crippen molar-refractivity contribution in [3.05, 3.63) is 12.7 Å². The molecule has 0 bridgehead atoms. The average molecular weight is 220 g/mol. The first-order valence-electron chi connectivity index (χ1n) is 3.28. The summed E-state index contributed by atoms with van der Waals surface area (Å²) < 4.78 is 26.0. The molecule has 0 aliphatic carbocycles. The zero-order valence-corrected chi connectivity index (χ0v) is 7.33. The summed E-state index contributed by atoms with van der Waals surface area (Å²) in [6.45, 7) is 2.54. The molecule has 0 radical (unpaired) electrons. The molecule has 0 aromatic carbocycles. The van der Waals surface area contributed by atoms with Crippen molar-refractivity contribution in [2.24, 2.45) is 0 Å². The van der Waals surface area contributed by atoms with Gasteiger partial charge in [-0.25, -0.2) is 0 Å². The molecule has 5 nitrogen and oxygen atoms in total. The molecule has 0 heterocycles. The van der Waals surface area contributed by atoms with Gasteiger partial charge in [-0.2, -0.15) is 8.42 Å². The van der Waals surface area contributed by atoms with E-state index in [4.69, 9.17) is 10.2 Å². The molecule has 1 unspecified atom stereocenters. The fourth-order valence-corrected chi connectivity index (χ4v) is 1.46. The molecule has 0 saturated heterocycles. The Kier molecular flexibility index (Phi) is 9.77. The van der Waals surface area contributed by atoms with Crippen LogP contribution in [0.4, 0.5) is 0 Å². The number of hydrogen-bond donors (Lipinski definition) is 2. The van der Waals surface area contributed by atoms with Crippen LogP contribution in [0.25, 0.3) is 0 Å². The van der Waals surface area contributed by atoms with E-state index in [0.717, 1.165) is 0 Å². The molecule has 0 aliphatic rings. The Morgan fingerprint density at radius 1 is 1.54 bits per heavy atom. The van der Waals surface area contributed by atoms with E-state index < -0.39 is 28.6 Å². The second-order valence-electron chi connectivity index (χ2n) is 2.13. The van der Waals surface area contributed by atoms with E-state index in [1.54, 1.807) is 0 Å². The van der Waals surface area contributed by atoms with Crippen molar-refractivity contribution in [3.8, 4) is 0 Å². The van der Waals surface area contributed by atoms with E-state index in [1.165, 1.54) is 6.08 Å². The van der Waals surface area contributed by atoms with Crippen LogP contribution in [0, 0.1) is 0 Å². The molecule has 0 aliphatic heterocycles. The van der Waals surface area contributed by atoms with Gasteiger partial charge < -0.3 is 10.2 Å². The first kappa shape index (κ1) is 16.0. The van der Waals surface area contributed by atoms with Gasteiger partial charge in [0.15, 0.2) is 0 Å². The molecule has 0 saturated carbocycles. The third-order valence-corrected chi connectivity index (χ3v) is 2.26. The van der Waals surface area contributed by atoms with Gasteiger partial charge in [-0.05, 0) is 0 Å². The third-order valence-electron chi connectivity index (χ3n) is 0.973. The SMILES string of the molecule is C=CCOS(=O)(=O)CC(O)CO.[NaH]. The summed E-state index contributed by atoms with van der Waals surface area (Å²) in [6, 6.07) is 0. The van der Waals surface area contributed by atoms with Gasteiger partial charge >= 0.3 is 29.6 Å². The first-order chi connectivity index (χ1) is 5.52. The van der Waals surface area contributed by atoms with E-state index in [1.807, 2.05) is 0 Å². The van der Waals surface area contributed by atoms with Crippen molar-refractivity contribution in [2.45, 2.75) is 6.10 Å². The standard InChI is InChI=1S/C6H12O5S.Na.H/c1-2-3-11-12(9,10)5-6(8)4-7;;/h2,6-8H,1,3-5H2;;. The van der Waals surface area contributed by atoms with Gasteiger partial charge in [0.25, 0.3) is 10.1 Å². The number of aliphatic hydroxyl groups excluding tert-OH is 2. The van der Waals surface area contributed by atoms with Crippen LogP contribution in [-0.4, -0.2) is 73.3 Å². The van der Waals surface area contributed by atoms with Crippen molar-refractivity contribution in [1.82, 2.24) is 0 Å². The Balaban J connectivity index is 0. The number of aliphatic hydroxyl groups is 2. The van der Waals surface area contributed by atoms with E-state index in [-0.39, 0.29) is 36.2 Å². The van der Waals surface area contributed by atoms with E-state index in [2.05, 4.69) is 10.8 Å². The maximum absolute atomic E-state index is 10.8. The normalized spacial score (nSPS) is 13.1. The average Bonchev–Trinajstić information content (AvgIpc) is 2.00. The summed E-state index contributed by atoms with van der Waals surface area (Å²) in [5.74, 6) is -0.600. The molecule has 74 valence electrons. The van der Waals surface area contributed by atoms with Crippen molar-refractivity contribution in [1.29, 1.82) is 0 Å². The first-order valence-corrected chi connectivity index (χ1v) is 4.86. The van der Waals surface area contributed by atoms with Crippen molar-refractivity contribution in [3.63, 3.8) is 0 Å². The quantitative estimate of drug-likeness (QED) is 0.314. The van der Waals surface area contributed by atoms with Crippen molar-refractivity contribution < 1.29 is 22.8 Å². The van der Waals surface area contributed by atoms with E-state index in [9.17, 15) is 8.42 Å². The maximum atomic E-state index is 10.8. The van der Waals surface area contributed by atoms with Gasteiger partial charge in [0.05, 0.1) is 19.3 Å². The zero-order chi connectivity index (χ0) is 9.61. The number of rotatable bonds is 6. The molecule has 0 aromatic rings. The summed E-state index contributed by atoms with van der Waals surface area (Å²) in [6.07, 6.45) is -0.0112. The Morgan fingerprint density at radius 3 is 2.46 bits per heavy atom. The summed E-state index contributed by atoms with van der Waals surface area (Å²) in [4.78, 5) is 0. The monoisotopic (exact) mass is 220 g/mol. The Hall–Kier alpha value is 0.570. The summed E-state index contributed by atoms with van der Waals surface area (Å²) in [5.41, 5.74) is 0. The van der Waals surface area contributed by atoms with Crippen LogP contribution in [0.5, 0.6) is 0 Å². The predicted octanol–water partition coefficient (Wildman–Crippen LogP) is -1.78. The van der Waals surface area contributed by atoms with Crippen molar-refractivity contribution >= 4 is 39.7 Å². The summed E-state index contributed by atoms with van der Waals surface area (Å²) >= 11 is 0. The van der Waals surface area contributed by atoms with Crippen LogP contribution in [-0.2, 0) is 14.3 Å². The van der Waals surface area contributed by atoms with Crippen LogP contribution >= 0.6 is 0 Å². The molecule has 0 spiro atoms. The van der Waals surface area contributed by atoms with Gasteiger partial charge in [0.1, 0.15) is 5.75 Å². The van der Waals surface area contributed by atoms with Crippen LogP contribution in [0.3, 0.4) is 0 Å². The Morgan fingerprint density at radius 2 is 2.08 bits per heavy atom. The van der Waals surface area contributed by atoms with Gasteiger partial charge in [0.2, 0.25) is 0 Å². The number of hydrogen-bond acceptors (Lipinski definition) is 5. The minimum absolute atomic E-state index is 0. The van der Waals surface area contributed by atoms with Gasteiger partial charge in [-0.3, -0.25) is 4.18 Å². The second kappa shape index (κ2) is 7.93. The molecule has 0 rings (SSSR count). The molecule has 0 amide bonds. The van der Waals surface area contributed by atoms with Gasteiger partial charge in [-0.15, -0.1) is 6.58 Å². The topological polar surface area (TPSA) is 83.8 Å². The van der Waals surface area contributed by atoms with Gasteiger partial charge in [0, 0.05) is 0 Å². The molecule has 0 aromatic heterocycles. The molecule has 13 heavy (non-hydrogen) atoms. The van der Waals surface area contributed by atoms with Crippen LogP contribution in [0.2, 0.25) is 0 Å². The molecule has 7 heteroatoms. The fraction of sp³-hybridized carbons (Fsp3) is 0.667. The van der Waals surface area contributed by atoms with E-state index >= 15 is 0 Å². The Bertz CT molecular complexity index is 225. The Labute approximate surface area is 99.8 Å². The molecule has 2 N–H and O–H groups in total. The summed E-state index contributed by atoms with van der Waals surface area (Å²) in [7, 11) is -3.74. The molecule has 0 fully saturated rings. The molecular weight excluding hydrogens is 207 g/mol. The van der Waals surface area contributed by atoms with Gasteiger partial charge in [-0.1, -0.05) is 6.08 Å². The summed E-state index contributed by atoms with van der Waals surface area (Å²) in [5, 5.41) is 17.1. The van der Waals surface area contributed by atoms with Crippen LogP contribution in [0.1, 0.15) is 0 Å². The minimum atomic E-state index is -3.74. The van der Waals surface area contributed by atoms with Crippen molar-refractivity contribution in [2.75, 3.05) is 19.0 Å². The molecule has 1 atom stereocenters.